The number of amides is 1. The molecule has 0 spiro atoms. The van der Waals surface area contributed by atoms with Crippen LogP contribution in [0.1, 0.15) is 59.8 Å². The topological polar surface area (TPSA) is 61.4 Å². The molecule has 0 bridgehead atoms. The predicted molar refractivity (Wildman–Crippen MR) is 82.5 cm³/mol. The van der Waals surface area contributed by atoms with Crippen LogP contribution in [-0.4, -0.2) is 36.8 Å². The molecule has 0 saturated carbocycles. The van der Waals surface area contributed by atoms with E-state index in [9.17, 15) is 9.90 Å². The first-order chi connectivity index (χ1) is 9.29. The van der Waals surface area contributed by atoms with Crippen LogP contribution in [0.3, 0.4) is 0 Å². The number of carbonyl (C=O) groups excluding carboxylic acids is 1. The first-order valence-corrected chi connectivity index (χ1v) is 7.96. The van der Waals surface area contributed by atoms with Gasteiger partial charge in [0.1, 0.15) is 0 Å². The van der Waals surface area contributed by atoms with E-state index in [4.69, 9.17) is 0 Å². The number of hydrogen-bond donors (Lipinski definition) is 3. The Morgan fingerprint density at radius 2 is 2.15 bits per heavy atom. The molecule has 2 atom stereocenters. The van der Waals surface area contributed by atoms with Crippen molar-refractivity contribution in [3.63, 3.8) is 0 Å². The van der Waals surface area contributed by atoms with Crippen LogP contribution in [0.15, 0.2) is 0 Å². The summed E-state index contributed by atoms with van der Waals surface area (Å²) in [6.07, 6.45) is 4.18. The van der Waals surface area contributed by atoms with Crippen LogP contribution >= 0.6 is 0 Å². The monoisotopic (exact) mass is 284 g/mol. The van der Waals surface area contributed by atoms with Gasteiger partial charge in [-0.15, -0.1) is 0 Å². The van der Waals surface area contributed by atoms with Crippen molar-refractivity contribution >= 4 is 5.91 Å². The average molecular weight is 284 g/mol. The summed E-state index contributed by atoms with van der Waals surface area (Å²) in [5.41, 5.74) is -0.188. The lowest BCUT2D eigenvalue weighted by Gasteiger charge is -2.36. The van der Waals surface area contributed by atoms with Crippen molar-refractivity contribution in [1.29, 1.82) is 0 Å². The van der Waals surface area contributed by atoms with E-state index in [2.05, 4.69) is 38.3 Å². The van der Waals surface area contributed by atoms with Crippen molar-refractivity contribution in [2.45, 2.75) is 65.9 Å². The minimum absolute atomic E-state index is 0.0810. The van der Waals surface area contributed by atoms with Crippen LogP contribution in [-0.2, 0) is 4.79 Å². The maximum absolute atomic E-state index is 12.5. The molecular weight excluding hydrogens is 252 g/mol. The van der Waals surface area contributed by atoms with Crippen molar-refractivity contribution in [2.75, 3.05) is 19.6 Å². The van der Waals surface area contributed by atoms with Gasteiger partial charge in [-0.3, -0.25) is 4.79 Å². The Morgan fingerprint density at radius 3 is 2.65 bits per heavy atom. The van der Waals surface area contributed by atoms with Crippen LogP contribution in [0.5, 0.6) is 0 Å². The van der Waals surface area contributed by atoms with Crippen molar-refractivity contribution in [1.82, 2.24) is 10.6 Å². The summed E-state index contributed by atoms with van der Waals surface area (Å²) in [7, 11) is 0. The Hall–Kier alpha value is -0.610. The summed E-state index contributed by atoms with van der Waals surface area (Å²) in [6.45, 7) is 10.6. The number of aliphatic hydroxyl groups excluding tert-OH is 1. The number of hydrogen-bond acceptors (Lipinski definition) is 3. The summed E-state index contributed by atoms with van der Waals surface area (Å²) in [6, 6.07) is 0. The summed E-state index contributed by atoms with van der Waals surface area (Å²) in [5, 5.41) is 16.3. The zero-order chi connectivity index (χ0) is 15.2. The highest BCUT2D eigenvalue weighted by Gasteiger charge is 2.38. The first kappa shape index (κ1) is 17.4. The Balaban J connectivity index is 2.50. The Bertz CT molecular complexity index is 299. The second-order valence-electron chi connectivity index (χ2n) is 7.44. The predicted octanol–water partition coefficient (Wildman–Crippen LogP) is 2.07. The van der Waals surface area contributed by atoms with Gasteiger partial charge in [0.15, 0.2) is 0 Å². The molecule has 2 unspecified atom stereocenters. The fraction of sp³-hybridized carbons (Fsp3) is 0.938. The molecule has 4 heteroatoms. The number of carbonyl (C=O) groups is 1. The van der Waals surface area contributed by atoms with Gasteiger partial charge in [0.2, 0.25) is 5.91 Å². The van der Waals surface area contributed by atoms with E-state index in [1.54, 1.807) is 0 Å². The van der Waals surface area contributed by atoms with Gasteiger partial charge in [0, 0.05) is 13.1 Å². The fourth-order valence-corrected chi connectivity index (χ4v) is 3.14. The highest BCUT2D eigenvalue weighted by Crippen LogP contribution is 2.32. The Morgan fingerprint density at radius 1 is 1.45 bits per heavy atom. The van der Waals surface area contributed by atoms with E-state index in [0.717, 1.165) is 38.8 Å². The molecular formula is C16H32N2O2. The van der Waals surface area contributed by atoms with Gasteiger partial charge in [0.05, 0.1) is 11.5 Å². The van der Waals surface area contributed by atoms with Gasteiger partial charge in [-0.1, -0.05) is 34.1 Å². The molecule has 0 aromatic carbocycles. The highest BCUT2D eigenvalue weighted by atomic mass is 16.3. The van der Waals surface area contributed by atoms with Crippen LogP contribution < -0.4 is 10.6 Å². The number of aliphatic hydroxyl groups is 1. The Labute approximate surface area is 123 Å². The minimum Gasteiger partial charge on any atom is -0.391 e. The van der Waals surface area contributed by atoms with E-state index < -0.39 is 6.10 Å². The zero-order valence-electron chi connectivity index (χ0n) is 13.6. The lowest BCUT2D eigenvalue weighted by Crippen LogP contribution is -2.51. The molecule has 1 aliphatic rings. The molecule has 0 aromatic heterocycles. The van der Waals surface area contributed by atoms with E-state index in [1.807, 2.05) is 0 Å². The SMILES string of the molecule is CCCC1(C(=O)NCC(O)CC(C)(C)C)CCCNC1. The molecule has 3 N–H and O–H groups in total. The maximum atomic E-state index is 12.5. The Kier molecular flexibility index (Phi) is 6.46. The minimum atomic E-state index is -0.464. The van der Waals surface area contributed by atoms with E-state index in [-0.39, 0.29) is 16.7 Å². The maximum Gasteiger partial charge on any atom is 0.227 e. The van der Waals surface area contributed by atoms with Crippen LogP contribution in [0, 0.1) is 10.8 Å². The molecule has 1 heterocycles. The van der Waals surface area contributed by atoms with Gasteiger partial charge in [-0.05, 0) is 37.6 Å². The second-order valence-corrected chi connectivity index (χ2v) is 7.44. The third kappa shape index (κ3) is 5.41. The summed E-state index contributed by atoms with van der Waals surface area (Å²) in [5.74, 6) is 0.111. The molecule has 1 rings (SSSR count). The summed E-state index contributed by atoms with van der Waals surface area (Å²) >= 11 is 0. The molecule has 20 heavy (non-hydrogen) atoms. The third-order valence-electron chi connectivity index (χ3n) is 4.03. The summed E-state index contributed by atoms with van der Waals surface area (Å²) < 4.78 is 0. The fourth-order valence-electron chi connectivity index (χ4n) is 3.14. The first-order valence-electron chi connectivity index (χ1n) is 7.96. The van der Waals surface area contributed by atoms with Gasteiger partial charge >= 0.3 is 0 Å². The molecule has 1 aliphatic heterocycles. The van der Waals surface area contributed by atoms with Gasteiger partial charge in [0.25, 0.3) is 0 Å². The van der Waals surface area contributed by atoms with Crippen molar-refractivity contribution in [3.8, 4) is 0 Å². The standard InChI is InChI=1S/C16H32N2O2/c1-5-7-16(8-6-9-17-12-16)14(20)18-11-13(19)10-15(2,3)4/h13,17,19H,5-12H2,1-4H3,(H,18,20). The number of piperidine rings is 1. The summed E-state index contributed by atoms with van der Waals surface area (Å²) in [4.78, 5) is 12.5. The third-order valence-corrected chi connectivity index (χ3v) is 4.03. The van der Waals surface area contributed by atoms with Gasteiger partial charge < -0.3 is 15.7 Å². The normalized spacial score (nSPS) is 25.2. The van der Waals surface area contributed by atoms with Crippen LogP contribution in [0.2, 0.25) is 0 Å². The van der Waals surface area contributed by atoms with Crippen LogP contribution in [0.25, 0.3) is 0 Å². The molecule has 118 valence electrons. The second kappa shape index (κ2) is 7.41. The average Bonchev–Trinajstić information content (AvgIpc) is 2.35. The van der Waals surface area contributed by atoms with Crippen LogP contribution in [0.4, 0.5) is 0 Å². The lowest BCUT2D eigenvalue weighted by atomic mass is 9.76. The molecule has 0 radical (unpaired) electrons. The quantitative estimate of drug-likeness (QED) is 0.700. The smallest absolute Gasteiger partial charge is 0.227 e. The van der Waals surface area contributed by atoms with Crippen molar-refractivity contribution < 1.29 is 9.90 Å². The molecule has 1 amide bonds. The molecule has 0 aliphatic carbocycles. The number of rotatable bonds is 6. The number of nitrogens with one attached hydrogen (secondary N) is 2. The van der Waals surface area contributed by atoms with E-state index in [1.165, 1.54) is 0 Å². The largest absolute Gasteiger partial charge is 0.391 e. The molecule has 1 saturated heterocycles. The molecule has 0 aromatic rings. The highest BCUT2D eigenvalue weighted by molar-refractivity contribution is 5.83. The van der Waals surface area contributed by atoms with Gasteiger partial charge in [-0.25, -0.2) is 0 Å². The van der Waals surface area contributed by atoms with Crippen molar-refractivity contribution in [3.05, 3.63) is 0 Å². The van der Waals surface area contributed by atoms with E-state index >= 15 is 0 Å². The van der Waals surface area contributed by atoms with E-state index in [0.29, 0.717) is 13.0 Å². The lowest BCUT2D eigenvalue weighted by molar-refractivity contribution is -0.133. The zero-order valence-corrected chi connectivity index (χ0v) is 13.6. The van der Waals surface area contributed by atoms with Gasteiger partial charge in [-0.2, -0.15) is 0 Å². The molecule has 4 nitrogen and oxygen atoms in total. The molecule has 1 fully saturated rings. The van der Waals surface area contributed by atoms with Crippen molar-refractivity contribution in [2.24, 2.45) is 10.8 Å².